The first-order chi connectivity index (χ1) is 13.0. The van der Waals surface area contributed by atoms with Gasteiger partial charge in [-0.05, 0) is 38.1 Å². The number of nitrogens with one attached hydrogen (secondary N) is 1. The zero-order chi connectivity index (χ0) is 19.4. The van der Waals surface area contributed by atoms with Crippen LogP contribution in [0.3, 0.4) is 0 Å². The lowest BCUT2D eigenvalue weighted by Crippen LogP contribution is -2.19. The van der Waals surface area contributed by atoms with Gasteiger partial charge in [0.25, 0.3) is 5.91 Å². The Morgan fingerprint density at radius 3 is 2.48 bits per heavy atom. The third-order valence-corrected chi connectivity index (χ3v) is 4.82. The molecule has 3 aromatic rings. The normalized spacial score (nSPS) is 10.6. The Morgan fingerprint density at radius 2 is 1.78 bits per heavy atom. The predicted molar refractivity (Wildman–Crippen MR) is 105 cm³/mol. The van der Waals surface area contributed by atoms with Gasteiger partial charge in [-0.3, -0.25) is 14.2 Å². The Labute approximate surface area is 161 Å². The average molecular weight is 381 g/mol. The van der Waals surface area contributed by atoms with Gasteiger partial charge in [0.2, 0.25) is 5.91 Å². The number of anilines is 1. The van der Waals surface area contributed by atoms with E-state index < -0.39 is 5.91 Å². The number of thioether (sulfide) groups is 1. The van der Waals surface area contributed by atoms with Gasteiger partial charge in [0, 0.05) is 5.69 Å². The number of hydrogen-bond donors (Lipinski definition) is 2. The number of carbonyl (C=O) groups is 2. The molecule has 3 N–H and O–H groups in total. The Hall–Kier alpha value is -3.13. The Morgan fingerprint density at radius 1 is 1.07 bits per heavy atom. The largest absolute Gasteiger partial charge is 0.366 e. The third-order valence-electron chi connectivity index (χ3n) is 3.89. The highest BCUT2D eigenvalue weighted by Gasteiger charge is 2.15. The molecule has 27 heavy (non-hydrogen) atoms. The minimum atomic E-state index is -0.590. The molecule has 0 saturated carbocycles. The Balaban J connectivity index is 1.72. The first-order valence-electron chi connectivity index (χ1n) is 8.26. The molecule has 0 spiro atoms. The molecule has 8 heteroatoms. The minimum absolute atomic E-state index is 0.122. The quantitative estimate of drug-likeness (QED) is 0.639. The molecule has 7 nitrogen and oxygen atoms in total. The number of para-hydroxylation sites is 1. The summed E-state index contributed by atoms with van der Waals surface area (Å²) in [6, 6.07) is 14.6. The molecule has 0 aliphatic carbocycles. The molecule has 0 aliphatic rings. The lowest BCUT2D eigenvalue weighted by molar-refractivity contribution is -0.113. The molecule has 0 unspecified atom stereocenters. The highest BCUT2D eigenvalue weighted by molar-refractivity contribution is 7.99. The zero-order valence-corrected chi connectivity index (χ0v) is 15.8. The van der Waals surface area contributed by atoms with Crippen LogP contribution in [0.15, 0.2) is 53.7 Å². The van der Waals surface area contributed by atoms with Gasteiger partial charge < -0.3 is 11.1 Å². The average Bonchev–Trinajstić information content (AvgIpc) is 3.01. The topological polar surface area (TPSA) is 103 Å². The number of benzene rings is 2. The third kappa shape index (κ3) is 4.35. The van der Waals surface area contributed by atoms with Crippen LogP contribution in [0.25, 0.3) is 5.69 Å². The molecule has 2 aromatic carbocycles. The van der Waals surface area contributed by atoms with Gasteiger partial charge in [-0.1, -0.05) is 41.6 Å². The van der Waals surface area contributed by atoms with Crippen LogP contribution in [-0.2, 0) is 4.79 Å². The highest BCUT2D eigenvalue weighted by atomic mass is 32.2. The van der Waals surface area contributed by atoms with Crippen molar-refractivity contribution in [2.45, 2.75) is 19.0 Å². The molecule has 0 saturated heterocycles. The van der Waals surface area contributed by atoms with Crippen molar-refractivity contribution in [1.29, 1.82) is 0 Å². The van der Waals surface area contributed by atoms with Crippen molar-refractivity contribution >= 4 is 29.3 Å². The summed E-state index contributed by atoms with van der Waals surface area (Å²) in [5.41, 5.74) is 8.10. The van der Waals surface area contributed by atoms with Gasteiger partial charge in [-0.15, -0.1) is 10.2 Å². The van der Waals surface area contributed by atoms with Crippen LogP contribution >= 0.6 is 11.8 Å². The molecule has 3 rings (SSSR count). The SMILES string of the molecule is Cc1ccc(-n2c(C)nnc2SCC(=O)Nc2ccccc2C(N)=O)cc1. The van der Waals surface area contributed by atoms with Crippen molar-refractivity contribution in [3.8, 4) is 5.69 Å². The summed E-state index contributed by atoms with van der Waals surface area (Å²) >= 11 is 1.27. The molecule has 0 radical (unpaired) electrons. The molecular weight excluding hydrogens is 362 g/mol. The molecule has 2 amide bonds. The number of aromatic nitrogens is 3. The summed E-state index contributed by atoms with van der Waals surface area (Å²) in [5, 5.41) is 11.6. The summed E-state index contributed by atoms with van der Waals surface area (Å²) in [6.07, 6.45) is 0. The molecule has 1 heterocycles. The van der Waals surface area contributed by atoms with Gasteiger partial charge in [0.15, 0.2) is 5.16 Å². The zero-order valence-electron chi connectivity index (χ0n) is 15.0. The van der Waals surface area contributed by atoms with Crippen LogP contribution in [0.1, 0.15) is 21.7 Å². The van der Waals surface area contributed by atoms with E-state index in [1.807, 2.05) is 42.7 Å². The van der Waals surface area contributed by atoms with Crippen molar-refractivity contribution < 1.29 is 9.59 Å². The number of hydrogen-bond acceptors (Lipinski definition) is 5. The summed E-state index contributed by atoms with van der Waals surface area (Å²) in [5.74, 6) is 0.0100. The van der Waals surface area contributed by atoms with E-state index in [-0.39, 0.29) is 17.2 Å². The molecular formula is C19H19N5O2S. The van der Waals surface area contributed by atoms with Crippen molar-refractivity contribution in [2.24, 2.45) is 5.73 Å². The number of aryl methyl sites for hydroxylation is 2. The second kappa shape index (κ2) is 8.05. The lowest BCUT2D eigenvalue weighted by atomic mass is 10.1. The van der Waals surface area contributed by atoms with Crippen molar-refractivity contribution in [3.63, 3.8) is 0 Å². The fourth-order valence-corrected chi connectivity index (χ4v) is 3.35. The maximum absolute atomic E-state index is 12.3. The van der Waals surface area contributed by atoms with Gasteiger partial charge >= 0.3 is 0 Å². The van der Waals surface area contributed by atoms with Crippen LogP contribution in [0.5, 0.6) is 0 Å². The second-order valence-electron chi connectivity index (χ2n) is 5.95. The van der Waals surface area contributed by atoms with Gasteiger partial charge in [0.1, 0.15) is 5.82 Å². The number of nitrogens with two attached hydrogens (primary N) is 1. The van der Waals surface area contributed by atoms with E-state index in [1.165, 1.54) is 11.8 Å². The smallest absolute Gasteiger partial charge is 0.250 e. The van der Waals surface area contributed by atoms with Crippen LogP contribution in [0, 0.1) is 13.8 Å². The summed E-state index contributed by atoms with van der Waals surface area (Å²) < 4.78 is 1.90. The van der Waals surface area contributed by atoms with Gasteiger partial charge in [0.05, 0.1) is 17.0 Å². The minimum Gasteiger partial charge on any atom is -0.366 e. The van der Waals surface area contributed by atoms with Crippen LogP contribution in [0.4, 0.5) is 5.69 Å². The highest BCUT2D eigenvalue weighted by Crippen LogP contribution is 2.23. The first kappa shape index (κ1) is 18.7. The predicted octanol–water partition coefficient (Wildman–Crippen LogP) is 2.71. The number of amides is 2. The molecule has 0 aliphatic heterocycles. The second-order valence-corrected chi connectivity index (χ2v) is 6.89. The Kier molecular flexibility index (Phi) is 5.56. The summed E-state index contributed by atoms with van der Waals surface area (Å²) in [6.45, 7) is 3.88. The van der Waals surface area contributed by atoms with Gasteiger partial charge in [-0.25, -0.2) is 0 Å². The van der Waals surface area contributed by atoms with Crippen molar-refractivity contribution in [3.05, 3.63) is 65.5 Å². The van der Waals surface area contributed by atoms with E-state index in [0.29, 0.717) is 10.8 Å². The molecule has 0 bridgehead atoms. The van der Waals surface area contributed by atoms with Crippen molar-refractivity contribution in [2.75, 3.05) is 11.1 Å². The number of primary amides is 1. The first-order valence-corrected chi connectivity index (χ1v) is 9.25. The fraction of sp³-hybridized carbons (Fsp3) is 0.158. The molecule has 1 aromatic heterocycles. The summed E-state index contributed by atoms with van der Waals surface area (Å²) in [4.78, 5) is 23.8. The van der Waals surface area contributed by atoms with E-state index in [1.54, 1.807) is 24.3 Å². The summed E-state index contributed by atoms with van der Waals surface area (Å²) in [7, 11) is 0. The van der Waals surface area contributed by atoms with E-state index in [0.717, 1.165) is 17.1 Å². The van der Waals surface area contributed by atoms with Crippen LogP contribution in [-0.4, -0.2) is 32.3 Å². The van der Waals surface area contributed by atoms with E-state index in [9.17, 15) is 9.59 Å². The van der Waals surface area contributed by atoms with Crippen molar-refractivity contribution in [1.82, 2.24) is 14.8 Å². The van der Waals surface area contributed by atoms with E-state index >= 15 is 0 Å². The molecule has 0 atom stereocenters. The molecule has 138 valence electrons. The number of rotatable bonds is 6. The van der Waals surface area contributed by atoms with Crippen LogP contribution in [0.2, 0.25) is 0 Å². The lowest BCUT2D eigenvalue weighted by Gasteiger charge is -2.10. The van der Waals surface area contributed by atoms with Gasteiger partial charge in [-0.2, -0.15) is 0 Å². The number of nitrogens with zero attached hydrogens (tertiary/aromatic N) is 3. The molecule has 0 fully saturated rings. The Bertz CT molecular complexity index is 982. The maximum Gasteiger partial charge on any atom is 0.250 e. The number of carbonyl (C=O) groups excluding carboxylic acids is 2. The fourth-order valence-electron chi connectivity index (χ4n) is 2.55. The standard InChI is InChI=1S/C19H19N5O2S/c1-12-7-9-14(10-8-12)24-13(2)22-23-19(24)27-11-17(25)21-16-6-4-3-5-15(16)18(20)26/h3-10H,11H2,1-2H3,(H2,20,26)(H,21,25). The van der Waals surface area contributed by atoms with E-state index in [2.05, 4.69) is 15.5 Å². The maximum atomic E-state index is 12.3. The van der Waals surface area contributed by atoms with Crippen LogP contribution < -0.4 is 11.1 Å². The monoisotopic (exact) mass is 381 g/mol. The van der Waals surface area contributed by atoms with E-state index in [4.69, 9.17) is 5.73 Å².